The summed E-state index contributed by atoms with van der Waals surface area (Å²) in [5, 5.41) is 0. The zero-order valence-corrected chi connectivity index (χ0v) is 11.1. The lowest BCUT2D eigenvalue weighted by Crippen LogP contribution is -2.00. The van der Waals surface area contributed by atoms with E-state index in [-0.39, 0.29) is 5.97 Å². The Morgan fingerprint density at radius 1 is 0.947 bits per heavy atom. The van der Waals surface area contributed by atoms with Crippen molar-refractivity contribution in [3.63, 3.8) is 0 Å². The van der Waals surface area contributed by atoms with Crippen LogP contribution in [0.2, 0.25) is 0 Å². The summed E-state index contributed by atoms with van der Waals surface area (Å²) in [7, 11) is 3.45. The zero-order valence-electron chi connectivity index (χ0n) is 11.1. The van der Waals surface area contributed by atoms with Crippen LogP contribution in [-0.2, 0) is 4.74 Å². The van der Waals surface area contributed by atoms with Crippen LogP contribution in [0.4, 0.5) is 0 Å². The second-order valence-corrected chi connectivity index (χ2v) is 4.36. The van der Waals surface area contributed by atoms with Crippen molar-refractivity contribution in [1.29, 1.82) is 0 Å². The molecule has 0 bridgehead atoms. The van der Waals surface area contributed by atoms with Gasteiger partial charge in [0.25, 0.3) is 0 Å². The summed E-state index contributed by atoms with van der Waals surface area (Å²) < 4.78 is 4.66. The van der Waals surface area contributed by atoms with E-state index in [1.807, 2.05) is 24.3 Å². The molecule has 0 aromatic heterocycles. The molecule has 0 aliphatic heterocycles. The molecule has 0 atom stereocenters. The molecule has 19 heavy (non-hydrogen) atoms. The van der Waals surface area contributed by atoms with Gasteiger partial charge in [0.2, 0.25) is 0 Å². The van der Waals surface area contributed by atoms with Gasteiger partial charge in [-0.05, 0) is 23.3 Å². The largest absolute Gasteiger partial charge is 0.465 e. The molecule has 2 aromatic carbocycles. The van der Waals surface area contributed by atoms with E-state index in [4.69, 9.17) is 0 Å². The molecule has 94 valence electrons. The molecule has 0 N–H and O–H groups in total. The SMILES string of the molecule is Bc1ccc(C=Cc2ccc(C(=O)OC)cc2)cc1. The molecule has 0 unspecified atom stereocenters. The van der Waals surface area contributed by atoms with Gasteiger partial charge in [0.05, 0.1) is 12.7 Å². The minimum Gasteiger partial charge on any atom is -0.465 e. The standard InChI is InChI=1S/C16H15BO2/c1-19-16(18)14-8-4-12(5-9-14)2-3-13-6-10-15(17)11-7-13/h2-11H,17H2,1H3. The van der Waals surface area contributed by atoms with Crippen molar-refractivity contribution in [3.8, 4) is 0 Å². The highest BCUT2D eigenvalue weighted by Crippen LogP contribution is 2.10. The molecule has 2 rings (SSSR count). The number of hydrogen-bond acceptors (Lipinski definition) is 2. The second kappa shape index (κ2) is 6.05. The number of hydrogen-bond donors (Lipinski definition) is 0. The number of carbonyl (C=O) groups is 1. The van der Waals surface area contributed by atoms with Gasteiger partial charge in [0, 0.05) is 0 Å². The Kier molecular flexibility index (Phi) is 4.19. The van der Waals surface area contributed by atoms with Crippen LogP contribution in [0.25, 0.3) is 12.2 Å². The smallest absolute Gasteiger partial charge is 0.337 e. The minimum absolute atomic E-state index is 0.311. The topological polar surface area (TPSA) is 26.3 Å². The lowest BCUT2D eigenvalue weighted by atomic mass is 9.95. The Balaban J connectivity index is 2.11. The summed E-state index contributed by atoms with van der Waals surface area (Å²) >= 11 is 0. The van der Waals surface area contributed by atoms with Crippen LogP contribution in [0.5, 0.6) is 0 Å². The normalized spacial score (nSPS) is 10.6. The summed E-state index contributed by atoms with van der Waals surface area (Å²) in [5.74, 6) is -0.311. The average molecular weight is 250 g/mol. The molecule has 2 aromatic rings. The van der Waals surface area contributed by atoms with Crippen LogP contribution in [0.15, 0.2) is 48.5 Å². The summed E-state index contributed by atoms with van der Waals surface area (Å²) in [5.41, 5.74) is 4.02. The van der Waals surface area contributed by atoms with Crippen molar-refractivity contribution in [2.45, 2.75) is 0 Å². The molecule has 3 heteroatoms. The number of carbonyl (C=O) groups excluding carboxylic acids is 1. The number of esters is 1. The van der Waals surface area contributed by atoms with Crippen LogP contribution >= 0.6 is 0 Å². The molecule has 0 amide bonds. The Morgan fingerprint density at radius 3 is 1.89 bits per heavy atom. The molecular formula is C16H15BO2. The lowest BCUT2D eigenvalue weighted by Gasteiger charge is -1.99. The van der Waals surface area contributed by atoms with Gasteiger partial charge in [0.1, 0.15) is 7.85 Å². The first-order valence-corrected chi connectivity index (χ1v) is 6.12. The lowest BCUT2D eigenvalue weighted by molar-refractivity contribution is 0.0601. The van der Waals surface area contributed by atoms with Crippen LogP contribution in [-0.4, -0.2) is 20.9 Å². The van der Waals surface area contributed by atoms with Crippen molar-refractivity contribution in [3.05, 3.63) is 65.2 Å². The van der Waals surface area contributed by atoms with Gasteiger partial charge in [-0.15, -0.1) is 0 Å². The number of ether oxygens (including phenoxy) is 1. The molecule has 0 spiro atoms. The summed E-state index contributed by atoms with van der Waals surface area (Å²) in [6, 6.07) is 15.7. The van der Waals surface area contributed by atoms with Crippen molar-refractivity contribution >= 4 is 31.4 Å². The Hall–Kier alpha value is -2.29. The molecular weight excluding hydrogens is 235 g/mol. The zero-order chi connectivity index (χ0) is 13.7. The van der Waals surface area contributed by atoms with Gasteiger partial charge >= 0.3 is 5.97 Å². The van der Waals surface area contributed by atoms with Crippen LogP contribution < -0.4 is 5.46 Å². The van der Waals surface area contributed by atoms with Crippen molar-refractivity contribution < 1.29 is 9.53 Å². The highest BCUT2D eigenvalue weighted by atomic mass is 16.5. The van der Waals surface area contributed by atoms with E-state index < -0.39 is 0 Å². The van der Waals surface area contributed by atoms with Gasteiger partial charge in [-0.2, -0.15) is 0 Å². The predicted octanol–water partition coefficient (Wildman–Crippen LogP) is 1.90. The van der Waals surface area contributed by atoms with Crippen molar-refractivity contribution in [2.24, 2.45) is 0 Å². The first kappa shape index (κ1) is 13.2. The van der Waals surface area contributed by atoms with E-state index in [9.17, 15) is 4.79 Å². The van der Waals surface area contributed by atoms with Crippen LogP contribution in [0, 0.1) is 0 Å². The fourth-order valence-corrected chi connectivity index (χ4v) is 1.72. The third kappa shape index (κ3) is 3.58. The van der Waals surface area contributed by atoms with Crippen molar-refractivity contribution in [1.82, 2.24) is 0 Å². The van der Waals surface area contributed by atoms with Gasteiger partial charge in [-0.3, -0.25) is 0 Å². The fourth-order valence-electron chi connectivity index (χ4n) is 1.72. The second-order valence-electron chi connectivity index (χ2n) is 4.36. The van der Waals surface area contributed by atoms with Gasteiger partial charge < -0.3 is 4.74 Å². The van der Waals surface area contributed by atoms with Gasteiger partial charge in [0.15, 0.2) is 0 Å². The van der Waals surface area contributed by atoms with E-state index in [0.717, 1.165) is 11.1 Å². The van der Waals surface area contributed by atoms with Crippen molar-refractivity contribution in [2.75, 3.05) is 7.11 Å². The maximum atomic E-state index is 11.3. The number of methoxy groups -OCH3 is 1. The third-order valence-electron chi connectivity index (χ3n) is 2.88. The third-order valence-corrected chi connectivity index (χ3v) is 2.88. The molecule has 0 heterocycles. The summed E-state index contributed by atoms with van der Waals surface area (Å²) in [6.45, 7) is 0. The number of rotatable bonds is 3. The molecule has 0 aliphatic carbocycles. The fraction of sp³-hybridized carbons (Fsp3) is 0.0625. The van der Waals surface area contributed by atoms with Crippen LogP contribution in [0.3, 0.4) is 0 Å². The minimum atomic E-state index is -0.311. The quantitative estimate of drug-likeness (QED) is 0.472. The average Bonchev–Trinajstić information content (AvgIpc) is 2.46. The van der Waals surface area contributed by atoms with E-state index in [2.05, 4.69) is 36.8 Å². The Morgan fingerprint density at radius 2 is 1.42 bits per heavy atom. The monoisotopic (exact) mass is 250 g/mol. The van der Waals surface area contributed by atoms with E-state index in [1.165, 1.54) is 12.6 Å². The van der Waals surface area contributed by atoms with Gasteiger partial charge in [-0.1, -0.05) is 54.0 Å². The Bertz CT molecular complexity index is 583. The molecule has 0 radical (unpaired) electrons. The highest BCUT2D eigenvalue weighted by molar-refractivity contribution is 6.32. The molecule has 0 saturated heterocycles. The maximum absolute atomic E-state index is 11.3. The van der Waals surface area contributed by atoms with Gasteiger partial charge in [-0.25, -0.2) is 4.79 Å². The molecule has 2 nitrogen and oxygen atoms in total. The Labute approximate surface area is 114 Å². The van der Waals surface area contributed by atoms with E-state index in [0.29, 0.717) is 5.56 Å². The maximum Gasteiger partial charge on any atom is 0.337 e. The molecule has 0 fully saturated rings. The predicted molar refractivity (Wildman–Crippen MR) is 81.3 cm³/mol. The highest BCUT2D eigenvalue weighted by Gasteiger charge is 2.02. The first-order chi connectivity index (χ1) is 9.19. The van der Waals surface area contributed by atoms with E-state index in [1.54, 1.807) is 12.1 Å². The molecule has 0 aliphatic rings. The first-order valence-electron chi connectivity index (χ1n) is 6.12. The van der Waals surface area contributed by atoms with E-state index >= 15 is 0 Å². The molecule has 0 saturated carbocycles. The van der Waals surface area contributed by atoms with Crippen LogP contribution in [0.1, 0.15) is 21.5 Å². The summed E-state index contributed by atoms with van der Waals surface area (Å²) in [6.07, 6.45) is 4.07. The number of benzene rings is 2. The summed E-state index contributed by atoms with van der Waals surface area (Å²) in [4.78, 5) is 11.3.